The standard InChI is InChI=1S/C19H26N6O3/c1-3-25-17(22-15(23-25)12-16(26)20-2)13-6-5-10-24(11-8-13)19(28)14-7-4-9-21-18(14)27/h4,7,9,13H,3,5-6,8,10-12H2,1-2H3,(H,20,26)(H,21,27). The van der Waals surface area contributed by atoms with Crippen LogP contribution in [-0.4, -0.2) is 56.6 Å². The lowest BCUT2D eigenvalue weighted by molar-refractivity contribution is -0.120. The van der Waals surface area contributed by atoms with Crippen molar-refractivity contribution >= 4 is 11.8 Å². The van der Waals surface area contributed by atoms with E-state index in [2.05, 4.69) is 20.4 Å². The fourth-order valence-electron chi connectivity index (χ4n) is 3.56. The number of nitrogens with zero attached hydrogens (tertiary/aromatic N) is 4. The van der Waals surface area contributed by atoms with Crippen molar-refractivity contribution in [2.75, 3.05) is 20.1 Å². The molecular formula is C19H26N6O3. The molecule has 0 spiro atoms. The maximum absolute atomic E-state index is 12.7. The number of rotatable bonds is 5. The highest BCUT2D eigenvalue weighted by atomic mass is 16.2. The highest BCUT2D eigenvalue weighted by Gasteiger charge is 2.27. The van der Waals surface area contributed by atoms with Gasteiger partial charge in [0.2, 0.25) is 5.91 Å². The number of aryl methyl sites for hydroxylation is 1. The predicted molar refractivity (Wildman–Crippen MR) is 103 cm³/mol. The Morgan fingerprint density at radius 1 is 1.32 bits per heavy atom. The summed E-state index contributed by atoms with van der Waals surface area (Å²) in [5, 5.41) is 7.04. The number of nitrogens with one attached hydrogen (secondary N) is 2. The number of hydrogen-bond donors (Lipinski definition) is 2. The number of carbonyl (C=O) groups excluding carboxylic acids is 2. The molecule has 1 aliphatic rings. The first-order chi connectivity index (χ1) is 13.5. The van der Waals surface area contributed by atoms with E-state index in [1.807, 2.05) is 11.6 Å². The van der Waals surface area contributed by atoms with Crippen LogP contribution in [0.1, 0.15) is 54.1 Å². The van der Waals surface area contributed by atoms with E-state index in [0.29, 0.717) is 25.5 Å². The van der Waals surface area contributed by atoms with Crippen LogP contribution in [0, 0.1) is 0 Å². The third-order valence-corrected chi connectivity index (χ3v) is 5.07. The Morgan fingerprint density at radius 3 is 2.86 bits per heavy atom. The molecule has 3 heterocycles. The zero-order chi connectivity index (χ0) is 20.1. The number of amides is 2. The summed E-state index contributed by atoms with van der Waals surface area (Å²) in [5.74, 6) is 1.19. The minimum atomic E-state index is -0.363. The van der Waals surface area contributed by atoms with E-state index in [0.717, 1.165) is 25.1 Å². The molecule has 3 rings (SSSR count). The van der Waals surface area contributed by atoms with Crippen molar-refractivity contribution in [1.29, 1.82) is 0 Å². The molecule has 1 atom stereocenters. The molecule has 0 saturated carbocycles. The molecule has 9 heteroatoms. The van der Waals surface area contributed by atoms with Crippen LogP contribution in [0.25, 0.3) is 0 Å². The second-order valence-electron chi connectivity index (χ2n) is 6.88. The second-order valence-corrected chi connectivity index (χ2v) is 6.88. The van der Waals surface area contributed by atoms with Gasteiger partial charge in [0, 0.05) is 38.8 Å². The smallest absolute Gasteiger partial charge is 0.260 e. The van der Waals surface area contributed by atoms with Crippen molar-refractivity contribution in [3.05, 3.63) is 45.9 Å². The third kappa shape index (κ3) is 4.29. The molecule has 1 aliphatic heterocycles. The molecule has 9 nitrogen and oxygen atoms in total. The van der Waals surface area contributed by atoms with Gasteiger partial charge in [-0.2, -0.15) is 5.10 Å². The van der Waals surface area contributed by atoms with Crippen LogP contribution in [-0.2, 0) is 17.8 Å². The number of H-pyrrole nitrogens is 1. The van der Waals surface area contributed by atoms with E-state index < -0.39 is 0 Å². The molecule has 1 fully saturated rings. The Kier molecular flexibility index (Phi) is 6.23. The highest BCUT2D eigenvalue weighted by molar-refractivity contribution is 5.93. The SMILES string of the molecule is CCn1nc(CC(=O)NC)nc1C1CCCN(C(=O)c2ccc[nH]c2=O)CC1. The Balaban J connectivity index is 1.73. The second kappa shape index (κ2) is 8.81. The average Bonchev–Trinajstić information content (AvgIpc) is 2.94. The molecular weight excluding hydrogens is 360 g/mol. The normalized spacial score (nSPS) is 17.2. The van der Waals surface area contributed by atoms with Crippen molar-refractivity contribution in [3.63, 3.8) is 0 Å². The largest absolute Gasteiger partial charge is 0.359 e. The summed E-state index contributed by atoms with van der Waals surface area (Å²) < 4.78 is 1.85. The number of likely N-dealkylation sites (tertiary alicyclic amines) is 1. The van der Waals surface area contributed by atoms with Gasteiger partial charge < -0.3 is 15.2 Å². The lowest BCUT2D eigenvalue weighted by atomic mass is 10.00. The summed E-state index contributed by atoms with van der Waals surface area (Å²) in [6.07, 6.45) is 4.13. The summed E-state index contributed by atoms with van der Waals surface area (Å²) in [7, 11) is 1.59. The van der Waals surface area contributed by atoms with Crippen molar-refractivity contribution in [2.45, 2.75) is 45.1 Å². The van der Waals surface area contributed by atoms with E-state index in [9.17, 15) is 14.4 Å². The average molecular weight is 386 g/mol. The van der Waals surface area contributed by atoms with E-state index in [1.54, 1.807) is 24.1 Å². The molecule has 2 N–H and O–H groups in total. The minimum Gasteiger partial charge on any atom is -0.359 e. The fourth-order valence-corrected chi connectivity index (χ4v) is 3.56. The molecule has 0 radical (unpaired) electrons. The number of pyridine rings is 1. The van der Waals surface area contributed by atoms with Crippen molar-refractivity contribution in [1.82, 2.24) is 30.0 Å². The summed E-state index contributed by atoms with van der Waals surface area (Å²) in [6.45, 7) is 3.83. The Morgan fingerprint density at radius 2 is 2.14 bits per heavy atom. The summed E-state index contributed by atoms with van der Waals surface area (Å²) in [6, 6.07) is 3.22. The van der Waals surface area contributed by atoms with Crippen molar-refractivity contribution in [3.8, 4) is 0 Å². The van der Waals surface area contributed by atoms with Crippen molar-refractivity contribution in [2.24, 2.45) is 0 Å². The van der Waals surface area contributed by atoms with Crippen molar-refractivity contribution < 1.29 is 9.59 Å². The Hall–Kier alpha value is -2.97. The van der Waals surface area contributed by atoms with Gasteiger partial charge in [-0.15, -0.1) is 0 Å². The molecule has 150 valence electrons. The first-order valence-electron chi connectivity index (χ1n) is 9.64. The molecule has 28 heavy (non-hydrogen) atoms. The van der Waals surface area contributed by atoms with Crippen LogP contribution >= 0.6 is 0 Å². The van der Waals surface area contributed by atoms with E-state index in [-0.39, 0.29) is 35.3 Å². The maximum Gasteiger partial charge on any atom is 0.260 e. The number of aromatic nitrogens is 4. The van der Waals surface area contributed by atoms with Crippen LogP contribution in [0.5, 0.6) is 0 Å². The number of aromatic amines is 1. The number of carbonyl (C=O) groups is 2. The predicted octanol–water partition coefficient (Wildman–Crippen LogP) is 0.685. The Bertz CT molecular complexity index is 903. The molecule has 1 unspecified atom stereocenters. The van der Waals surface area contributed by atoms with Crippen LogP contribution in [0.2, 0.25) is 0 Å². The molecule has 2 aromatic rings. The lowest BCUT2D eigenvalue weighted by Crippen LogP contribution is -2.35. The molecule has 0 bridgehead atoms. The van der Waals surface area contributed by atoms with Gasteiger partial charge in [0.25, 0.3) is 11.5 Å². The van der Waals surface area contributed by atoms with Crippen LogP contribution < -0.4 is 10.9 Å². The van der Waals surface area contributed by atoms with E-state index in [4.69, 9.17) is 0 Å². The molecule has 1 saturated heterocycles. The zero-order valence-corrected chi connectivity index (χ0v) is 16.3. The van der Waals surface area contributed by atoms with E-state index in [1.165, 1.54) is 6.20 Å². The Labute approximate surface area is 163 Å². The van der Waals surface area contributed by atoms with Gasteiger partial charge in [-0.05, 0) is 38.3 Å². The summed E-state index contributed by atoms with van der Waals surface area (Å²) >= 11 is 0. The molecule has 0 aromatic carbocycles. The molecule has 2 aromatic heterocycles. The highest BCUT2D eigenvalue weighted by Crippen LogP contribution is 2.27. The topological polar surface area (TPSA) is 113 Å². The van der Waals surface area contributed by atoms with Gasteiger partial charge in [-0.1, -0.05) is 0 Å². The first-order valence-corrected chi connectivity index (χ1v) is 9.64. The maximum atomic E-state index is 12.7. The summed E-state index contributed by atoms with van der Waals surface area (Å²) in [5.41, 5.74) is -0.191. The quantitative estimate of drug-likeness (QED) is 0.785. The van der Waals surface area contributed by atoms with Crippen LogP contribution in [0.15, 0.2) is 23.1 Å². The van der Waals surface area contributed by atoms with Gasteiger partial charge in [0.1, 0.15) is 11.4 Å². The molecule has 0 aliphatic carbocycles. The van der Waals surface area contributed by atoms with Crippen LogP contribution in [0.3, 0.4) is 0 Å². The minimum absolute atomic E-state index is 0.120. The van der Waals surface area contributed by atoms with Gasteiger partial charge in [0.15, 0.2) is 5.82 Å². The monoisotopic (exact) mass is 386 g/mol. The summed E-state index contributed by atoms with van der Waals surface area (Å²) in [4.78, 5) is 45.2. The molecule has 2 amide bonds. The van der Waals surface area contributed by atoms with Crippen LogP contribution in [0.4, 0.5) is 0 Å². The first kappa shape index (κ1) is 19.8. The number of likely N-dealkylation sites (N-methyl/N-ethyl adjacent to an activating group) is 1. The van der Waals surface area contributed by atoms with Gasteiger partial charge >= 0.3 is 0 Å². The zero-order valence-electron chi connectivity index (χ0n) is 16.3. The van der Waals surface area contributed by atoms with Gasteiger partial charge in [0.05, 0.1) is 6.42 Å². The van der Waals surface area contributed by atoms with Gasteiger partial charge in [-0.3, -0.25) is 14.4 Å². The lowest BCUT2D eigenvalue weighted by Gasteiger charge is -2.20. The fraction of sp³-hybridized carbons (Fsp3) is 0.526. The third-order valence-electron chi connectivity index (χ3n) is 5.07. The number of hydrogen-bond acceptors (Lipinski definition) is 5. The van der Waals surface area contributed by atoms with E-state index >= 15 is 0 Å². The van der Waals surface area contributed by atoms with Gasteiger partial charge in [-0.25, -0.2) is 9.67 Å².